The number of thioether (sulfide) groups is 1. The minimum absolute atomic E-state index is 0.255. The largest absolute Gasteiger partial charge is 0.480 e. The van der Waals surface area contributed by atoms with E-state index in [1.807, 2.05) is 6.26 Å². The van der Waals surface area contributed by atoms with Gasteiger partial charge in [0.15, 0.2) is 0 Å². The van der Waals surface area contributed by atoms with Gasteiger partial charge in [-0.2, -0.15) is 11.8 Å². The summed E-state index contributed by atoms with van der Waals surface area (Å²) in [5, 5.41) is 11.0. The average Bonchev–Trinajstić information content (AvgIpc) is 2.22. The number of alkyl halides is 2. The van der Waals surface area contributed by atoms with E-state index in [4.69, 9.17) is 5.11 Å². The van der Waals surface area contributed by atoms with Crippen LogP contribution in [0.15, 0.2) is 0 Å². The maximum absolute atomic E-state index is 12.0. The zero-order valence-corrected chi connectivity index (χ0v) is 10.5. The number of halogens is 2. The zero-order chi connectivity index (χ0) is 13.4. The molecule has 0 rings (SSSR count). The molecular formula is C9H16F2N2O3S. The van der Waals surface area contributed by atoms with E-state index >= 15 is 0 Å². The molecule has 0 saturated carbocycles. The van der Waals surface area contributed by atoms with Crippen molar-refractivity contribution in [3.8, 4) is 0 Å². The maximum atomic E-state index is 12.0. The molecule has 0 aliphatic rings. The predicted octanol–water partition coefficient (Wildman–Crippen LogP) is 1.10. The summed E-state index contributed by atoms with van der Waals surface area (Å²) in [6, 6.07) is -1.85. The Kier molecular flexibility index (Phi) is 7.60. The highest BCUT2D eigenvalue weighted by molar-refractivity contribution is 7.98. The Hall–Kier alpha value is -1.05. The number of hydrogen-bond acceptors (Lipinski definition) is 3. The Bertz CT molecular complexity index is 267. The number of carboxylic acids is 1. The van der Waals surface area contributed by atoms with Gasteiger partial charge in [-0.1, -0.05) is 0 Å². The van der Waals surface area contributed by atoms with E-state index in [2.05, 4.69) is 5.32 Å². The molecule has 1 atom stereocenters. The number of hydrogen-bond donors (Lipinski definition) is 2. The number of carbonyl (C=O) groups excluding carboxylic acids is 1. The Morgan fingerprint density at radius 1 is 1.47 bits per heavy atom. The van der Waals surface area contributed by atoms with Crippen molar-refractivity contribution in [3.05, 3.63) is 0 Å². The first-order valence-electron chi connectivity index (χ1n) is 4.90. The fraction of sp³-hybridized carbons (Fsp3) is 0.778. The van der Waals surface area contributed by atoms with Crippen LogP contribution < -0.4 is 5.32 Å². The zero-order valence-electron chi connectivity index (χ0n) is 9.65. The molecule has 2 N–H and O–H groups in total. The summed E-state index contributed by atoms with van der Waals surface area (Å²) in [6.07, 6.45) is -0.575. The van der Waals surface area contributed by atoms with Gasteiger partial charge in [0.05, 0.1) is 6.54 Å². The molecule has 0 aliphatic heterocycles. The summed E-state index contributed by atoms with van der Waals surface area (Å²) in [6.45, 7) is -0.722. The number of nitrogens with one attached hydrogen (secondary N) is 1. The summed E-state index contributed by atoms with van der Waals surface area (Å²) in [5.74, 6) is -0.603. The smallest absolute Gasteiger partial charge is 0.326 e. The third kappa shape index (κ3) is 6.98. The van der Waals surface area contributed by atoms with E-state index in [-0.39, 0.29) is 6.42 Å². The molecule has 100 valence electrons. The van der Waals surface area contributed by atoms with E-state index in [0.29, 0.717) is 5.75 Å². The molecule has 0 spiro atoms. The van der Waals surface area contributed by atoms with Crippen LogP contribution in [0.4, 0.5) is 13.6 Å². The molecule has 0 heterocycles. The van der Waals surface area contributed by atoms with Gasteiger partial charge in [-0.3, -0.25) is 0 Å². The third-order valence-corrected chi connectivity index (χ3v) is 2.61. The van der Waals surface area contributed by atoms with Crippen LogP contribution in [0.5, 0.6) is 0 Å². The van der Waals surface area contributed by atoms with Crippen LogP contribution in [0.2, 0.25) is 0 Å². The lowest BCUT2D eigenvalue weighted by atomic mass is 10.2. The van der Waals surface area contributed by atoms with Crippen molar-refractivity contribution >= 4 is 23.8 Å². The lowest BCUT2D eigenvalue weighted by Crippen LogP contribution is -2.48. The van der Waals surface area contributed by atoms with Gasteiger partial charge in [-0.15, -0.1) is 0 Å². The lowest BCUT2D eigenvalue weighted by molar-refractivity contribution is -0.139. The van der Waals surface area contributed by atoms with E-state index in [1.54, 1.807) is 0 Å². The molecule has 2 amide bonds. The molecule has 0 aromatic heterocycles. The summed E-state index contributed by atoms with van der Waals surface area (Å²) < 4.78 is 24.0. The van der Waals surface area contributed by atoms with Crippen molar-refractivity contribution in [1.29, 1.82) is 0 Å². The number of urea groups is 1. The summed E-state index contributed by atoms with van der Waals surface area (Å²) >= 11 is 1.45. The number of amides is 2. The van der Waals surface area contributed by atoms with Crippen LogP contribution >= 0.6 is 11.8 Å². The van der Waals surface area contributed by atoms with Crippen LogP contribution in [-0.2, 0) is 4.79 Å². The van der Waals surface area contributed by atoms with Gasteiger partial charge in [0.2, 0.25) is 0 Å². The molecule has 1 unspecified atom stereocenters. The second-order valence-electron chi connectivity index (χ2n) is 3.39. The van der Waals surface area contributed by atoms with Crippen LogP contribution in [0.25, 0.3) is 0 Å². The molecule has 0 radical (unpaired) electrons. The van der Waals surface area contributed by atoms with E-state index in [9.17, 15) is 18.4 Å². The van der Waals surface area contributed by atoms with Crippen LogP contribution in [0.1, 0.15) is 6.42 Å². The molecule has 17 heavy (non-hydrogen) atoms. The van der Waals surface area contributed by atoms with Gasteiger partial charge >= 0.3 is 12.0 Å². The molecule has 5 nitrogen and oxygen atoms in total. The van der Waals surface area contributed by atoms with Crippen molar-refractivity contribution in [2.24, 2.45) is 0 Å². The topological polar surface area (TPSA) is 69.6 Å². The van der Waals surface area contributed by atoms with Gasteiger partial charge in [0.1, 0.15) is 6.04 Å². The Morgan fingerprint density at radius 2 is 2.06 bits per heavy atom. The van der Waals surface area contributed by atoms with Gasteiger partial charge in [0, 0.05) is 7.05 Å². The molecule has 0 aliphatic carbocycles. The number of carboxylic acid groups (broad SMARTS) is 1. The van der Waals surface area contributed by atoms with Crippen LogP contribution in [-0.4, -0.2) is 60.1 Å². The first-order valence-corrected chi connectivity index (χ1v) is 6.29. The molecule has 0 fully saturated rings. The van der Waals surface area contributed by atoms with Crippen LogP contribution in [0.3, 0.4) is 0 Å². The quantitative estimate of drug-likeness (QED) is 0.727. The molecule has 8 heteroatoms. The second kappa shape index (κ2) is 8.10. The fourth-order valence-corrected chi connectivity index (χ4v) is 1.51. The number of aliphatic carboxylic acids is 1. The highest BCUT2D eigenvalue weighted by atomic mass is 32.2. The fourth-order valence-electron chi connectivity index (χ4n) is 1.04. The van der Waals surface area contributed by atoms with Gasteiger partial charge in [0.25, 0.3) is 6.43 Å². The maximum Gasteiger partial charge on any atom is 0.326 e. The third-order valence-electron chi connectivity index (χ3n) is 1.97. The molecule has 0 aromatic carbocycles. The predicted molar refractivity (Wildman–Crippen MR) is 61.6 cm³/mol. The van der Waals surface area contributed by atoms with Gasteiger partial charge in [-0.05, 0) is 18.4 Å². The highest BCUT2D eigenvalue weighted by Crippen LogP contribution is 2.02. The van der Waals surface area contributed by atoms with Crippen LogP contribution in [0, 0.1) is 0 Å². The monoisotopic (exact) mass is 270 g/mol. The van der Waals surface area contributed by atoms with Crippen molar-refractivity contribution < 1.29 is 23.5 Å². The minimum Gasteiger partial charge on any atom is -0.480 e. The highest BCUT2D eigenvalue weighted by Gasteiger charge is 2.22. The lowest BCUT2D eigenvalue weighted by Gasteiger charge is -2.20. The average molecular weight is 270 g/mol. The molecule has 0 aromatic rings. The normalized spacial score (nSPS) is 12.3. The van der Waals surface area contributed by atoms with Crippen molar-refractivity contribution in [2.75, 3.05) is 25.6 Å². The Labute approximate surface area is 103 Å². The minimum atomic E-state index is -2.64. The van der Waals surface area contributed by atoms with E-state index in [0.717, 1.165) is 4.90 Å². The van der Waals surface area contributed by atoms with Crippen molar-refractivity contribution in [1.82, 2.24) is 10.2 Å². The van der Waals surface area contributed by atoms with Crippen molar-refractivity contribution in [3.63, 3.8) is 0 Å². The number of carbonyl (C=O) groups is 2. The summed E-state index contributed by atoms with van der Waals surface area (Å²) in [7, 11) is 1.19. The molecular weight excluding hydrogens is 254 g/mol. The van der Waals surface area contributed by atoms with Gasteiger partial charge in [-0.25, -0.2) is 18.4 Å². The SMILES string of the molecule is CSCCC(NC(=O)N(C)CC(F)F)C(=O)O. The number of rotatable bonds is 7. The van der Waals surface area contributed by atoms with E-state index in [1.165, 1.54) is 18.8 Å². The summed E-state index contributed by atoms with van der Waals surface area (Å²) in [4.78, 5) is 22.9. The van der Waals surface area contributed by atoms with Crippen molar-refractivity contribution in [2.45, 2.75) is 18.9 Å². The Morgan fingerprint density at radius 3 is 2.47 bits per heavy atom. The molecule has 0 saturated heterocycles. The van der Waals surface area contributed by atoms with E-state index < -0.39 is 31.0 Å². The first-order chi connectivity index (χ1) is 7.88. The first kappa shape index (κ1) is 16.0. The summed E-state index contributed by atoms with van der Waals surface area (Å²) in [5.41, 5.74) is 0. The Balaban J connectivity index is 4.24. The second-order valence-corrected chi connectivity index (χ2v) is 4.38. The number of nitrogens with zero attached hydrogens (tertiary/aromatic N) is 1. The van der Waals surface area contributed by atoms with Gasteiger partial charge < -0.3 is 15.3 Å². The molecule has 0 bridgehead atoms. The standard InChI is InChI=1S/C9H16F2N2O3S/c1-13(5-7(10)11)9(16)12-6(8(14)15)3-4-17-2/h6-7H,3-5H2,1-2H3,(H,12,16)(H,14,15).